The van der Waals surface area contributed by atoms with E-state index in [1.165, 1.54) is 0 Å². The van der Waals surface area contributed by atoms with Crippen LogP contribution in [-0.2, 0) is 6.54 Å². The van der Waals surface area contributed by atoms with E-state index in [1.807, 2.05) is 24.3 Å². The number of aromatic nitrogens is 2. The fourth-order valence-electron chi connectivity index (χ4n) is 1.28. The molecule has 78 valence electrons. The van der Waals surface area contributed by atoms with Crippen molar-refractivity contribution in [2.24, 2.45) is 5.73 Å². The van der Waals surface area contributed by atoms with E-state index >= 15 is 0 Å². The van der Waals surface area contributed by atoms with Gasteiger partial charge in [-0.25, -0.2) is 0 Å². The van der Waals surface area contributed by atoms with Crippen molar-refractivity contribution >= 4 is 0 Å². The van der Waals surface area contributed by atoms with Crippen LogP contribution in [0.25, 0.3) is 11.4 Å². The van der Waals surface area contributed by atoms with Crippen molar-refractivity contribution in [3.63, 3.8) is 0 Å². The van der Waals surface area contributed by atoms with Crippen LogP contribution in [0.5, 0.6) is 5.75 Å². The lowest BCUT2D eigenvalue weighted by Gasteiger charge is -2.02. The summed E-state index contributed by atoms with van der Waals surface area (Å²) < 4.78 is 10.1. The topological polar surface area (TPSA) is 74.2 Å². The van der Waals surface area contributed by atoms with Crippen molar-refractivity contribution in [1.29, 1.82) is 0 Å². The predicted octanol–water partition coefficient (Wildman–Crippen LogP) is 1.20. The summed E-state index contributed by atoms with van der Waals surface area (Å²) in [5.74, 6) is 1.62. The van der Waals surface area contributed by atoms with Gasteiger partial charge in [-0.3, -0.25) is 0 Å². The highest BCUT2D eigenvalue weighted by Crippen LogP contribution is 2.26. The molecule has 0 saturated heterocycles. The minimum atomic E-state index is 0.238. The Bertz CT molecular complexity index is 453. The molecule has 0 aliphatic carbocycles. The number of hydrogen-bond donors (Lipinski definition) is 1. The van der Waals surface area contributed by atoms with Gasteiger partial charge < -0.3 is 15.0 Å². The van der Waals surface area contributed by atoms with E-state index in [0.29, 0.717) is 17.5 Å². The van der Waals surface area contributed by atoms with Gasteiger partial charge in [-0.2, -0.15) is 4.98 Å². The Balaban J connectivity index is 2.44. The summed E-state index contributed by atoms with van der Waals surface area (Å²) in [6.07, 6.45) is 0. The predicted molar refractivity (Wildman–Crippen MR) is 54.2 cm³/mol. The molecule has 0 radical (unpaired) electrons. The maximum absolute atomic E-state index is 5.38. The fourth-order valence-corrected chi connectivity index (χ4v) is 1.28. The Hall–Kier alpha value is -1.88. The minimum absolute atomic E-state index is 0.238. The Morgan fingerprint density at radius 3 is 2.87 bits per heavy atom. The average molecular weight is 205 g/mol. The van der Waals surface area contributed by atoms with Gasteiger partial charge in [-0.15, -0.1) is 0 Å². The molecule has 0 spiro atoms. The number of ether oxygens (including phenoxy) is 1. The van der Waals surface area contributed by atoms with Crippen molar-refractivity contribution in [1.82, 2.24) is 10.1 Å². The molecule has 0 saturated carbocycles. The molecule has 15 heavy (non-hydrogen) atoms. The molecule has 2 aromatic rings. The molecule has 0 aliphatic heterocycles. The zero-order chi connectivity index (χ0) is 10.7. The minimum Gasteiger partial charge on any atom is -0.496 e. The monoisotopic (exact) mass is 205 g/mol. The number of nitrogens with zero attached hydrogens (tertiary/aromatic N) is 2. The zero-order valence-electron chi connectivity index (χ0n) is 8.30. The van der Waals surface area contributed by atoms with Crippen molar-refractivity contribution in [3.05, 3.63) is 30.2 Å². The second-order valence-corrected chi connectivity index (χ2v) is 2.92. The van der Waals surface area contributed by atoms with Gasteiger partial charge >= 0.3 is 0 Å². The third-order valence-electron chi connectivity index (χ3n) is 1.99. The SMILES string of the molecule is COc1ccccc1-c1noc(CN)n1. The maximum atomic E-state index is 5.38. The second kappa shape index (κ2) is 4.10. The number of benzene rings is 1. The normalized spacial score (nSPS) is 10.3. The van der Waals surface area contributed by atoms with Crippen LogP contribution in [0.4, 0.5) is 0 Å². The first kappa shape index (κ1) is 9.67. The molecule has 1 aromatic carbocycles. The smallest absolute Gasteiger partial charge is 0.240 e. The molecule has 2 rings (SSSR count). The van der Waals surface area contributed by atoms with Gasteiger partial charge in [0, 0.05) is 0 Å². The first-order chi connectivity index (χ1) is 7.35. The Kier molecular flexibility index (Phi) is 2.64. The van der Waals surface area contributed by atoms with E-state index in [2.05, 4.69) is 10.1 Å². The Morgan fingerprint density at radius 1 is 1.40 bits per heavy atom. The number of para-hydroxylation sites is 1. The van der Waals surface area contributed by atoms with Gasteiger partial charge in [0.15, 0.2) is 0 Å². The summed E-state index contributed by atoms with van der Waals surface area (Å²) >= 11 is 0. The van der Waals surface area contributed by atoms with Gasteiger partial charge in [0.25, 0.3) is 0 Å². The van der Waals surface area contributed by atoms with E-state index in [9.17, 15) is 0 Å². The van der Waals surface area contributed by atoms with Gasteiger partial charge in [-0.05, 0) is 12.1 Å². The molecule has 0 unspecified atom stereocenters. The Labute approximate surface area is 86.9 Å². The molecule has 5 nitrogen and oxygen atoms in total. The highest BCUT2D eigenvalue weighted by Gasteiger charge is 2.11. The molecular formula is C10H11N3O2. The first-order valence-electron chi connectivity index (χ1n) is 4.51. The summed E-state index contributed by atoms with van der Waals surface area (Å²) in [6.45, 7) is 0.238. The maximum Gasteiger partial charge on any atom is 0.240 e. The quantitative estimate of drug-likeness (QED) is 0.815. The molecule has 2 N–H and O–H groups in total. The summed E-state index contributed by atoms with van der Waals surface area (Å²) in [5, 5.41) is 3.82. The molecule has 5 heteroatoms. The van der Waals surface area contributed by atoms with Crippen molar-refractivity contribution in [2.45, 2.75) is 6.54 Å². The van der Waals surface area contributed by atoms with Crippen LogP contribution in [0.1, 0.15) is 5.89 Å². The summed E-state index contributed by atoms with van der Waals surface area (Å²) in [7, 11) is 1.60. The van der Waals surface area contributed by atoms with Gasteiger partial charge in [0.05, 0.1) is 19.2 Å². The third-order valence-corrected chi connectivity index (χ3v) is 1.99. The third kappa shape index (κ3) is 1.82. The summed E-state index contributed by atoms with van der Waals surface area (Å²) in [5.41, 5.74) is 6.18. The first-order valence-corrected chi connectivity index (χ1v) is 4.51. The highest BCUT2D eigenvalue weighted by atomic mass is 16.5. The standard InChI is InChI=1S/C10H11N3O2/c1-14-8-5-3-2-4-7(8)10-12-9(6-11)15-13-10/h2-5H,6,11H2,1H3. The molecule has 1 heterocycles. The fraction of sp³-hybridized carbons (Fsp3) is 0.200. The molecule has 0 atom stereocenters. The molecule has 0 aliphatic rings. The average Bonchev–Trinajstić information content (AvgIpc) is 2.77. The van der Waals surface area contributed by atoms with Gasteiger partial charge in [0.1, 0.15) is 5.75 Å². The van der Waals surface area contributed by atoms with E-state index in [4.69, 9.17) is 15.0 Å². The molecule has 1 aromatic heterocycles. The molecular weight excluding hydrogens is 194 g/mol. The van der Waals surface area contributed by atoms with Crippen LogP contribution < -0.4 is 10.5 Å². The van der Waals surface area contributed by atoms with Crippen LogP contribution in [0.15, 0.2) is 28.8 Å². The van der Waals surface area contributed by atoms with Crippen molar-refractivity contribution in [3.8, 4) is 17.1 Å². The zero-order valence-corrected chi connectivity index (χ0v) is 8.30. The highest BCUT2D eigenvalue weighted by molar-refractivity contribution is 5.63. The molecule has 0 bridgehead atoms. The Morgan fingerprint density at radius 2 is 2.20 bits per heavy atom. The summed E-state index contributed by atoms with van der Waals surface area (Å²) in [4.78, 5) is 4.12. The van der Waals surface area contributed by atoms with E-state index in [-0.39, 0.29) is 6.54 Å². The largest absolute Gasteiger partial charge is 0.496 e. The second-order valence-electron chi connectivity index (χ2n) is 2.92. The van der Waals surface area contributed by atoms with Crippen LogP contribution >= 0.6 is 0 Å². The van der Waals surface area contributed by atoms with Gasteiger partial charge in [-0.1, -0.05) is 17.3 Å². The van der Waals surface area contributed by atoms with Crippen LogP contribution in [0.2, 0.25) is 0 Å². The van der Waals surface area contributed by atoms with E-state index in [0.717, 1.165) is 5.56 Å². The molecule has 0 fully saturated rings. The lowest BCUT2D eigenvalue weighted by atomic mass is 10.2. The van der Waals surface area contributed by atoms with E-state index < -0.39 is 0 Å². The van der Waals surface area contributed by atoms with Gasteiger partial charge in [0.2, 0.25) is 11.7 Å². The lowest BCUT2D eigenvalue weighted by Crippen LogP contribution is -1.96. The van der Waals surface area contributed by atoms with Crippen LogP contribution in [-0.4, -0.2) is 17.3 Å². The number of nitrogens with two attached hydrogens (primary N) is 1. The molecule has 0 amide bonds. The van der Waals surface area contributed by atoms with Crippen molar-refractivity contribution in [2.75, 3.05) is 7.11 Å². The lowest BCUT2D eigenvalue weighted by molar-refractivity contribution is 0.380. The van der Waals surface area contributed by atoms with Crippen molar-refractivity contribution < 1.29 is 9.26 Å². The number of hydrogen-bond acceptors (Lipinski definition) is 5. The number of methoxy groups -OCH3 is 1. The van der Waals surface area contributed by atoms with Crippen LogP contribution in [0, 0.1) is 0 Å². The van der Waals surface area contributed by atoms with E-state index in [1.54, 1.807) is 7.11 Å². The van der Waals surface area contributed by atoms with Crippen LogP contribution in [0.3, 0.4) is 0 Å². The number of rotatable bonds is 3. The summed E-state index contributed by atoms with van der Waals surface area (Å²) in [6, 6.07) is 7.47.